The van der Waals surface area contributed by atoms with Crippen molar-refractivity contribution in [3.05, 3.63) is 117 Å². The molecule has 5 aromatic rings. The number of nitrogens with zero attached hydrogens (tertiary/aromatic N) is 6. The standard InChI is InChI=1S/C45H48FN9O6/c1-52-42-31(6-3-7-38(42)55(45(52)60)39-10-11-41(57)51-43(39)58)27-54-20-15-36(16-21-54)61-35-13-18-53(19-14-35)26-30-5-2-4-29(22-30)8-9-33-23-34(12-17-47-33)49-44(59)50-37-24-40(46)48-25-32(37)28-56/h2-7,12,17,22-25,35-36,39,56H,10-11,13-16,18-21,26-28H2,1H3,(H,51,57,58)(H2,47,48,49,50,59). The molecule has 4 N–H and O–H groups in total. The van der Waals surface area contributed by atoms with Crippen LogP contribution in [0.4, 0.5) is 20.6 Å². The lowest BCUT2D eigenvalue weighted by Gasteiger charge is -2.37. The molecule has 8 rings (SSSR count). The fourth-order valence-corrected chi connectivity index (χ4v) is 8.50. The maximum Gasteiger partial charge on any atom is 0.329 e. The van der Waals surface area contributed by atoms with Gasteiger partial charge in [0.05, 0.1) is 35.5 Å². The Morgan fingerprint density at radius 1 is 0.885 bits per heavy atom. The maximum absolute atomic E-state index is 13.6. The van der Waals surface area contributed by atoms with Crippen LogP contribution in [0.25, 0.3) is 11.0 Å². The van der Waals surface area contributed by atoms with E-state index in [1.807, 2.05) is 30.3 Å². The zero-order valence-corrected chi connectivity index (χ0v) is 33.9. The molecule has 316 valence electrons. The molecule has 1 unspecified atom stereocenters. The van der Waals surface area contributed by atoms with Crippen molar-refractivity contribution in [2.45, 2.75) is 76.5 Å². The number of aryl methyl sites for hydroxylation is 1. The third-order valence-corrected chi connectivity index (χ3v) is 11.6. The number of halogens is 1. The van der Waals surface area contributed by atoms with Crippen LogP contribution >= 0.6 is 0 Å². The number of aliphatic hydroxyl groups is 1. The molecule has 0 saturated carbocycles. The number of imidazole rings is 1. The first-order valence-corrected chi connectivity index (χ1v) is 20.6. The molecule has 0 spiro atoms. The third-order valence-electron chi connectivity index (χ3n) is 11.6. The molecule has 2 aromatic carbocycles. The van der Waals surface area contributed by atoms with Gasteiger partial charge in [0.15, 0.2) is 0 Å². The third kappa shape index (κ3) is 9.87. The number of benzene rings is 2. The molecule has 0 bridgehead atoms. The Kier molecular flexibility index (Phi) is 12.6. The average molecular weight is 830 g/mol. The van der Waals surface area contributed by atoms with Crippen molar-refractivity contribution in [1.29, 1.82) is 0 Å². The number of para-hydroxylation sites is 1. The fourth-order valence-electron chi connectivity index (χ4n) is 8.50. The lowest BCUT2D eigenvalue weighted by Crippen LogP contribution is -2.44. The van der Waals surface area contributed by atoms with Gasteiger partial charge in [0, 0.05) is 88.0 Å². The van der Waals surface area contributed by atoms with Gasteiger partial charge in [-0.05, 0) is 79.5 Å². The van der Waals surface area contributed by atoms with E-state index in [0.717, 1.165) is 86.7 Å². The lowest BCUT2D eigenvalue weighted by molar-refractivity contribution is -0.135. The molecule has 61 heavy (non-hydrogen) atoms. The molecule has 3 aliphatic rings. The molecule has 3 aliphatic heterocycles. The lowest BCUT2D eigenvalue weighted by atomic mass is 10.0. The van der Waals surface area contributed by atoms with Crippen molar-refractivity contribution in [3.8, 4) is 11.8 Å². The van der Waals surface area contributed by atoms with E-state index in [9.17, 15) is 28.7 Å². The molecule has 4 amide bonds. The Labute approximate surface area is 351 Å². The van der Waals surface area contributed by atoms with Crippen LogP contribution in [0.15, 0.2) is 77.9 Å². The monoisotopic (exact) mass is 829 g/mol. The van der Waals surface area contributed by atoms with Gasteiger partial charge in [-0.1, -0.05) is 30.2 Å². The summed E-state index contributed by atoms with van der Waals surface area (Å²) >= 11 is 0. The van der Waals surface area contributed by atoms with Crippen molar-refractivity contribution in [3.63, 3.8) is 0 Å². The van der Waals surface area contributed by atoms with E-state index in [2.05, 4.69) is 59.7 Å². The number of amides is 4. The normalized spacial score (nSPS) is 18.1. The van der Waals surface area contributed by atoms with Gasteiger partial charge in [0.1, 0.15) is 11.7 Å². The molecule has 3 aromatic heterocycles. The molecule has 1 atom stereocenters. The summed E-state index contributed by atoms with van der Waals surface area (Å²) in [5, 5.41) is 17.1. The number of anilines is 2. The highest BCUT2D eigenvalue weighted by Crippen LogP contribution is 2.28. The van der Waals surface area contributed by atoms with E-state index in [0.29, 0.717) is 29.9 Å². The number of aliphatic hydroxyl groups excluding tert-OH is 1. The first kappa shape index (κ1) is 41.5. The van der Waals surface area contributed by atoms with E-state index in [1.54, 1.807) is 34.5 Å². The smallest absolute Gasteiger partial charge is 0.329 e. The summed E-state index contributed by atoms with van der Waals surface area (Å²) < 4.78 is 23.4. The predicted molar refractivity (Wildman–Crippen MR) is 226 cm³/mol. The second-order valence-corrected chi connectivity index (χ2v) is 15.8. The van der Waals surface area contributed by atoms with Gasteiger partial charge < -0.3 is 20.5 Å². The molecule has 0 radical (unpaired) electrons. The van der Waals surface area contributed by atoms with Gasteiger partial charge in [0.2, 0.25) is 17.8 Å². The van der Waals surface area contributed by atoms with Crippen LogP contribution < -0.4 is 21.6 Å². The number of hydrogen-bond acceptors (Lipinski definition) is 10. The molecule has 3 saturated heterocycles. The summed E-state index contributed by atoms with van der Waals surface area (Å²) in [4.78, 5) is 63.0. The predicted octanol–water partition coefficient (Wildman–Crippen LogP) is 4.43. The van der Waals surface area contributed by atoms with Gasteiger partial charge in [-0.3, -0.25) is 33.8 Å². The summed E-state index contributed by atoms with van der Waals surface area (Å²) in [6.07, 6.45) is 7.46. The topological polar surface area (TPSA) is 176 Å². The van der Waals surface area contributed by atoms with Gasteiger partial charge in [0.25, 0.3) is 0 Å². The summed E-state index contributed by atoms with van der Waals surface area (Å²) in [5.74, 6) is 4.74. The van der Waals surface area contributed by atoms with E-state index in [1.165, 1.54) is 6.20 Å². The van der Waals surface area contributed by atoms with Crippen LogP contribution in [0.3, 0.4) is 0 Å². The van der Waals surface area contributed by atoms with Crippen LogP contribution in [0, 0.1) is 17.8 Å². The van der Waals surface area contributed by atoms with Crippen molar-refractivity contribution in [1.82, 2.24) is 34.2 Å². The largest absolute Gasteiger partial charge is 0.392 e. The number of urea groups is 1. The number of fused-ring (bicyclic) bond motifs is 1. The number of likely N-dealkylation sites (tertiary alicyclic amines) is 2. The van der Waals surface area contributed by atoms with E-state index < -0.39 is 30.5 Å². The summed E-state index contributed by atoms with van der Waals surface area (Å²) in [6.45, 7) is 4.75. The first-order chi connectivity index (χ1) is 29.6. The molecule has 15 nitrogen and oxygen atoms in total. The van der Waals surface area contributed by atoms with E-state index in [4.69, 9.17) is 4.74 Å². The second kappa shape index (κ2) is 18.6. The quantitative estimate of drug-likeness (QED) is 0.0896. The first-order valence-electron chi connectivity index (χ1n) is 20.6. The van der Waals surface area contributed by atoms with Gasteiger partial charge in [-0.2, -0.15) is 4.39 Å². The maximum atomic E-state index is 13.6. The Balaban J connectivity index is 0.790. The zero-order valence-electron chi connectivity index (χ0n) is 33.9. The van der Waals surface area contributed by atoms with Crippen LogP contribution in [-0.4, -0.2) is 90.2 Å². The van der Waals surface area contributed by atoms with E-state index in [-0.39, 0.29) is 41.5 Å². The minimum absolute atomic E-state index is 0.121. The van der Waals surface area contributed by atoms with Crippen LogP contribution in [0.2, 0.25) is 0 Å². The van der Waals surface area contributed by atoms with Crippen LogP contribution in [-0.2, 0) is 41.1 Å². The zero-order chi connectivity index (χ0) is 42.5. The summed E-state index contributed by atoms with van der Waals surface area (Å²) in [7, 11) is 1.74. The molecule has 6 heterocycles. The molecule has 3 fully saturated rings. The minimum Gasteiger partial charge on any atom is -0.392 e. The minimum atomic E-state index is -0.776. The number of aromatic nitrogens is 4. The van der Waals surface area contributed by atoms with Crippen molar-refractivity contribution in [2.24, 2.45) is 7.05 Å². The number of hydrogen-bond donors (Lipinski definition) is 4. The molecule has 16 heteroatoms. The van der Waals surface area contributed by atoms with Gasteiger partial charge in [-0.25, -0.2) is 19.6 Å². The van der Waals surface area contributed by atoms with Crippen LogP contribution in [0.5, 0.6) is 0 Å². The Morgan fingerprint density at radius 2 is 1.62 bits per heavy atom. The Morgan fingerprint density at radius 3 is 2.36 bits per heavy atom. The average Bonchev–Trinajstić information content (AvgIpc) is 3.51. The summed E-state index contributed by atoms with van der Waals surface area (Å²) in [5.41, 5.74) is 5.64. The number of imide groups is 1. The molecular weight excluding hydrogens is 782 g/mol. The second-order valence-electron chi connectivity index (χ2n) is 15.8. The fraction of sp³-hybridized carbons (Fsp3) is 0.378. The van der Waals surface area contributed by atoms with Gasteiger partial charge in [-0.15, -0.1) is 0 Å². The van der Waals surface area contributed by atoms with Crippen LogP contribution in [0.1, 0.15) is 72.5 Å². The highest BCUT2D eigenvalue weighted by atomic mass is 19.1. The highest BCUT2D eigenvalue weighted by molar-refractivity contribution is 6.01. The molecular formula is C45H48FN9O6. The van der Waals surface area contributed by atoms with Crippen molar-refractivity contribution >= 4 is 40.3 Å². The van der Waals surface area contributed by atoms with E-state index >= 15 is 0 Å². The Bertz CT molecular complexity index is 2560. The number of nitrogens with one attached hydrogen (secondary N) is 3. The number of pyridine rings is 2. The highest BCUT2D eigenvalue weighted by Gasteiger charge is 2.32. The van der Waals surface area contributed by atoms with Crippen molar-refractivity contribution < 1.29 is 28.6 Å². The Hall–Kier alpha value is -6.25. The van der Waals surface area contributed by atoms with Crippen molar-refractivity contribution in [2.75, 3.05) is 36.8 Å². The molecule has 0 aliphatic carbocycles. The number of ether oxygens (including phenoxy) is 1. The number of carbonyl (C=O) groups is 3. The number of rotatable bonds is 10. The SMILES string of the molecule is Cn1c(=O)n(C2CCC(=O)NC2=O)c2cccc(CN3CCC(OC4CCN(Cc5cccc(C#Cc6cc(NC(=O)Nc7cc(F)ncc7CO)ccn6)c5)CC4)CC3)c21. The van der Waals surface area contributed by atoms with Gasteiger partial charge >= 0.3 is 11.7 Å². The number of carbonyl (C=O) groups excluding carboxylic acids is 3. The summed E-state index contributed by atoms with van der Waals surface area (Å²) in [6, 6.07) is 17.0. The number of piperidine rings is 3.